The molecule has 3 aromatic rings. The molecule has 0 aliphatic rings. The molecule has 0 aliphatic heterocycles. The van der Waals surface area contributed by atoms with E-state index in [0.717, 1.165) is 11.3 Å². The fraction of sp³-hybridized carbons (Fsp3) is 0.130. The number of hydrogen-bond donors (Lipinski definition) is 0. The van der Waals surface area contributed by atoms with Gasteiger partial charge in [-0.05, 0) is 48.2 Å². The highest BCUT2D eigenvalue weighted by molar-refractivity contribution is 5.69. The summed E-state index contributed by atoms with van der Waals surface area (Å²) in [6.07, 6.45) is -2.32. The molecule has 1 nitrogen and oxygen atoms in total. The highest BCUT2D eigenvalue weighted by atomic mass is 19.4. The van der Waals surface area contributed by atoms with Crippen molar-refractivity contribution in [2.75, 3.05) is 0 Å². The van der Waals surface area contributed by atoms with Gasteiger partial charge in [0, 0.05) is 0 Å². The largest absolute Gasteiger partial charge is 0.457 e. The van der Waals surface area contributed by atoms with Gasteiger partial charge in [0.2, 0.25) is 0 Å². The zero-order chi connectivity index (χ0) is 19.1. The van der Waals surface area contributed by atoms with Crippen LogP contribution in [0.4, 0.5) is 13.2 Å². The van der Waals surface area contributed by atoms with Crippen molar-refractivity contribution in [1.29, 1.82) is 0 Å². The molecular weight excluding hydrogens is 349 g/mol. The van der Waals surface area contributed by atoms with Crippen molar-refractivity contribution in [2.24, 2.45) is 0 Å². The Morgan fingerprint density at radius 2 is 1.41 bits per heavy atom. The Labute approximate surface area is 156 Å². The maximum atomic E-state index is 13.3. The molecule has 0 amide bonds. The van der Waals surface area contributed by atoms with Gasteiger partial charge in [0.1, 0.15) is 11.5 Å². The molecule has 0 bridgehead atoms. The van der Waals surface area contributed by atoms with E-state index in [-0.39, 0.29) is 5.56 Å². The highest BCUT2D eigenvalue weighted by Crippen LogP contribution is 2.34. The second kappa shape index (κ2) is 8.58. The van der Waals surface area contributed by atoms with E-state index >= 15 is 0 Å². The van der Waals surface area contributed by atoms with E-state index in [0.29, 0.717) is 18.6 Å². The highest BCUT2D eigenvalue weighted by Gasteiger charge is 2.34. The van der Waals surface area contributed by atoms with Gasteiger partial charge in [-0.1, -0.05) is 66.7 Å². The summed E-state index contributed by atoms with van der Waals surface area (Å²) in [5.41, 5.74) is 0.514. The molecule has 0 heterocycles. The van der Waals surface area contributed by atoms with Crippen LogP contribution in [0.1, 0.15) is 17.5 Å². The van der Waals surface area contributed by atoms with E-state index in [1.54, 1.807) is 18.2 Å². The Hall–Kier alpha value is -3.01. The number of aryl methyl sites for hydroxylation is 1. The van der Waals surface area contributed by atoms with E-state index < -0.39 is 11.7 Å². The van der Waals surface area contributed by atoms with Crippen molar-refractivity contribution in [3.63, 3.8) is 0 Å². The summed E-state index contributed by atoms with van der Waals surface area (Å²) in [5.74, 6) is 1.39. The van der Waals surface area contributed by atoms with E-state index in [1.807, 2.05) is 54.6 Å². The molecule has 0 saturated heterocycles. The molecule has 0 aromatic heterocycles. The van der Waals surface area contributed by atoms with Crippen LogP contribution >= 0.6 is 0 Å². The van der Waals surface area contributed by atoms with Crippen molar-refractivity contribution in [1.82, 2.24) is 0 Å². The van der Waals surface area contributed by atoms with E-state index in [4.69, 9.17) is 4.74 Å². The molecule has 3 rings (SSSR count). The molecule has 0 spiro atoms. The van der Waals surface area contributed by atoms with Gasteiger partial charge in [0.05, 0.1) is 5.57 Å². The Balaban J connectivity index is 1.70. The van der Waals surface area contributed by atoms with Crippen molar-refractivity contribution in [3.05, 3.63) is 102 Å². The molecule has 0 N–H and O–H groups in total. The first-order valence-electron chi connectivity index (χ1n) is 8.67. The van der Waals surface area contributed by atoms with Crippen LogP contribution in [-0.2, 0) is 6.42 Å². The Kier molecular flexibility index (Phi) is 5.97. The minimum absolute atomic E-state index is 0.186. The number of para-hydroxylation sites is 1. The summed E-state index contributed by atoms with van der Waals surface area (Å²) >= 11 is 0. The maximum Gasteiger partial charge on any atom is 0.416 e. The predicted molar refractivity (Wildman–Crippen MR) is 102 cm³/mol. The van der Waals surface area contributed by atoms with E-state index in [9.17, 15) is 13.2 Å². The minimum Gasteiger partial charge on any atom is -0.457 e. The van der Waals surface area contributed by atoms with Gasteiger partial charge in [-0.15, -0.1) is 0 Å². The van der Waals surface area contributed by atoms with Gasteiger partial charge in [-0.3, -0.25) is 0 Å². The minimum atomic E-state index is -4.38. The number of halogens is 3. The van der Waals surface area contributed by atoms with Crippen LogP contribution < -0.4 is 4.74 Å². The zero-order valence-electron chi connectivity index (χ0n) is 14.6. The summed E-state index contributed by atoms with van der Waals surface area (Å²) < 4.78 is 45.8. The normalized spacial score (nSPS) is 12.0. The molecule has 0 atom stereocenters. The van der Waals surface area contributed by atoms with Crippen LogP contribution in [0.2, 0.25) is 0 Å². The molecule has 3 aromatic carbocycles. The van der Waals surface area contributed by atoms with Gasteiger partial charge >= 0.3 is 6.18 Å². The molecule has 0 saturated carbocycles. The SMILES string of the molecule is FC(F)(F)C(=CCCc1cccc(Oc2ccccc2)c1)c1ccccc1. The van der Waals surface area contributed by atoms with Crippen LogP contribution in [0.3, 0.4) is 0 Å². The lowest BCUT2D eigenvalue weighted by molar-refractivity contribution is -0.0690. The van der Waals surface area contributed by atoms with E-state index in [1.165, 1.54) is 18.2 Å². The molecule has 0 unspecified atom stereocenters. The second-order valence-corrected chi connectivity index (χ2v) is 6.08. The average Bonchev–Trinajstić information content (AvgIpc) is 2.66. The summed E-state index contributed by atoms with van der Waals surface area (Å²) in [5, 5.41) is 0. The predicted octanol–water partition coefficient (Wildman–Crippen LogP) is 7.06. The standard InChI is InChI=1S/C23H19F3O/c24-23(25,26)22(19-11-3-1-4-12-19)16-8-10-18-9-7-15-21(17-18)27-20-13-5-2-6-14-20/h1-7,9,11-17H,8,10H2. The van der Waals surface area contributed by atoms with Crippen LogP contribution in [0, 0.1) is 0 Å². The van der Waals surface area contributed by atoms with E-state index in [2.05, 4.69) is 0 Å². The smallest absolute Gasteiger partial charge is 0.416 e. The molecule has 4 heteroatoms. The average molecular weight is 368 g/mol. The summed E-state index contributed by atoms with van der Waals surface area (Å²) in [4.78, 5) is 0. The second-order valence-electron chi connectivity index (χ2n) is 6.08. The number of rotatable bonds is 6. The van der Waals surface area contributed by atoms with Gasteiger partial charge in [-0.25, -0.2) is 0 Å². The molecule has 27 heavy (non-hydrogen) atoms. The van der Waals surface area contributed by atoms with Crippen LogP contribution in [0.15, 0.2) is 91.0 Å². The van der Waals surface area contributed by atoms with Crippen LogP contribution in [0.25, 0.3) is 5.57 Å². The summed E-state index contributed by atoms with van der Waals surface area (Å²) in [6.45, 7) is 0. The van der Waals surface area contributed by atoms with Crippen molar-refractivity contribution < 1.29 is 17.9 Å². The third-order valence-corrected chi connectivity index (χ3v) is 4.05. The molecule has 0 radical (unpaired) electrons. The third kappa shape index (κ3) is 5.48. The fourth-order valence-corrected chi connectivity index (χ4v) is 2.79. The summed E-state index contributed by atoms with van der Waals surface area (Å²) in [7, 11) is 0. The monoisotopic (exact) mass is 368 g/mol. The number of benzene rings is 3. The van der Waals surface area contributed by atoms with Crippen LogP contribution in [0.5, 0.6) is 11.5 Å². The topological polar surface area (TPSA) is 9.23 Å². The quantitative estimate of drug-likeness (QED) is 0.453. The van der Waals surface area contributed by atoms with Gasteiger partial charge in [0.15, 0.2) is 0 Å². The first-order chi connectivity index (χ1) is 13.0. The van der Waals surface area contributed by atoms with Crippen molar-refractivity contribution in [3.8, 4) is 11.5 Å². The Morgan fingerprint density at radius 3 is 2.07 bits per heavy atom. The number of alkyl halides is 3. The van der Waals surface area contributed by atoms with Crippen LogP contribution in [-0.4, -0.2) is 6.18 Å². The number of ether oxygens (including phenoxy) is 1. The lowest BCUT2D eigenvalue weighted by atomic mass is 10.0. The third-order valence-electron chi connectivity index (χ3n) is 4.05. The number of allylic oxidation sites excluding steroid dienone is 2. The van der Waals surface area contributed by atoms with Gasteiger partial charge in [0.25, 0.3) is 0 Å². The zero-order valence-corrected chi connectivity index (χ0v) is 14.6. The van der Waals surface area contributed by atoms with Crippen molar-refractivity contribution in [2.45, 2.75) is 19.0 Å². The summed E-state index contributed by atoms with van der Waals surface area (Å²) in [6, 6.07) is 24.7. The lowest BCUT2D eigenvalue weighted by Gasteiger charge is -2.12. The Morgan fingerprint density at radius 1 is 0.778 bits per heavy atom. The molecule has 138 valence electrons. The first kappa shape index (κ1) is 18.8. The van der Waals surface area contributed by atoms with Gasteiger partial charge in [-0.2, -0.15) is 13.2 Å². The lowest BCUT2D eigenvalue weighted by Crippen LogP contribution is -2.10. The molecular formula is C23H19F3O. The maximum absolute atomic E-state index is 13.3. The number of hydrogen-bond acceptors (Lipinski definition) is 1. The molecule has 0 aliphatic carbocycles. The Bertz CT molecular complexity index is 884. The van der Waals surface area contributed by atoms with Gasteiger partial charge < -0.3 is 4.74 Å². The molecule has 0 fully saturated rings. The first-order valence-corrected chi connectivity index (χ1v) is 8.67. The fourth-order valence-electron chi connectivity index (χ4n) is 2.79. The van der Waals surface area contributed by atoms with Crippen molar-refractivity contribution >= 4 is 5.57 Å².